The lowest BCUT2D eigenvalue weighted by molar-refractivity contribution is -0.133. The molecule has 0 saturated heterocycles. The molecule has 0 saturated carbocycles. The average Bonchev–Trinajstić information content (AvgIpc) is 2.39. The third-order valence-electron chi connectivity index (χ3n) is 3.45. The van der Waals surface area contributed by atoms with Crippen LogP contribution in [0.5, 0.6) is 0 Å². The molecule has 5 heteroatoms. The van der Waals surface area contributed by atoms with E-state index in [0.717, 1.165) is 12.8 Å². The van der Waals surface area contributed by atoms with Crippen molar-refractivity contribution in [1.82, 2.24) is 15.5 Å². The average molecular weight is 285 g/mol. The van der Waals surface area contributed by atoms with Crippen LogP contribution in [0.2, 0.25) is 0 Å². The van der Waals surface area contributed by atoms with Gasteiger partial charge in [-0.1, -0.05) is 13.3 Å². The molecular weight excluding hydrogens is 254 g/mol. The number of hydrogen-bond acceptors (Lipinski definition) is 3. The summed E-state index contributed by atoms with van der Waals surface area (Å²) in [5.74, 6) is -0.0126. The minimum absolute atomic E-state index is 0.0382. The quantitative estimate of drug-likeness (QED) is 0.675. The standard InChI is InChI=1S/C15H31N3O2/c1-7-10-11(4)16-14(19)12(5)17-13(6)15(20)18(8-2)9-3/h11-13,17H,7-10H2,1-6H3,(H,16,19). The smallest absolute Gasteiger partial charge is 0.239 e. The van der Waals surface area contributed by atoms with E-state index < -0.39 is 0 Å². The predicted octanol–water partition coefficient (Wildman–Crippen LogP) is 1.53. The second-order valence-corrected chi connectivity index (χ2v) is 5.32. The molecule has 0 rings (SSSR count). The van der Waals surface area contributed by atoms with Crippen molar-refractivity contribution in [2.24, 2.45) is 0 Å². The van der Waals surface area contributed by atoms with E-state index in [1.54, 1.807) is 18.7 Å². The van der Waals surface area contributed by atoms with Gasteiger partial charge in [0.1, 0.15) is 0 Å². The minimum Gasteiger partial charge on any atom is -0.352 e. The molecule has 0 aromatic heterocycles. The fraction of sp³-hybridized carbons (Fsp3) is 0.867. The van der Waals surface area contributed by atoms with Crippen molar-refractivity contribution in [3.05, 3.63) is 0 Å². The van der Waals surface area contributed by atoms with E-state index in [4.69, 9.17) is 0 Å². The molecule has 0 fully saturated rings. The molecule has 3 atom stereocenters. The van der Waals surface area contributed by atoms with Crippen molar-refractivity contribution >= 4 is 11.8 Å². The number of hydrogen-bond donors (Lipinski definition) is 2. The lowest BCUT2D eigenvalue weighted by Crippen LogP contribution is -2.53. The maximum Gasteiger partial charge on any atom is 0.239 e. The number of carbonyl (C=O) groups is 2. The molecule has 0 aliphatic carbocycles. The monoisotopic (exact) mass is 285 g/mol. The van der Waals surface area contributed by atoms with Crippen LogP contribution in [-0.2, 0) is 9.59 Å². The number of rotatable bonds is 9. The number of likely N-dealkylation sites (N-methyl/N-ethyl adjacent to an activating group) is 1. The highest BCUT2D eigenvalue weighted by Crippen LogP contribution is 1.99. The molecule has 0 aromatic rings. The van der Waals surface area contributed by atoms with Gasteiger partial charge in [-0.25, -0.2) is 0 Å². The van der Waals surface area contributed by atoms with Crippen molar-refractivity contribution in [3.8, 4) is 0 Å². The third kappa shape index (κ3) is 6.37. The van der Waals surface area contributed by atoms with Gasteiger partial charge in [0.25, 0.3) is 0 Å². The Morgan fingerprint density at radius 1 is 1.00 bits per heavy atom. The van der Waals surface area contributed by atoms with Crippen LogP contribution in [0.15, 0.2) is 0 Å². The van der Waals surface area contributed by atoms with E-state index in [2.05, 4.69) is 17.6 Å². The molecule has 2 amide bonds. The molecule has 20 heavy (non-hydrogen) atoms. The van der Waals surface area contributed by atoms with Gasteiger partial charge in [-0.3, -0.25) is 14.9 Å². The lowest BCUT2D eigenvalue weighted by atomic mass is 10.1. The highest BCUT2D eigenvalue weighted by Gasteiger charge is 2.23. The van der Waals surface area contributed by atoms with Crippen LogP contribution in [0.25, 0.3) is 0 Å². The third-order valence-corrected chi connectivity index (χ3v) is 3.45. The fourth-order valence-electron chi connectivity index (χ4n) is 2.20. The zero-order valence-corrected chi connectivity index (χ0v) is 13.8. The van der Waals surface area contributed by atoms with Crippen molar-refractivity contribution in [3.63, 3.8) is 0 Å². The molecule has 5 nitrogen and oxygen atoms in total. The molecular formula is C15H31N3O2. The van der Waals surface area contributed by atoms with E-state index in [-0.39, 0.29) is 29.9 Å². The minimum atomic E-state index is -0.371. The van der Waals surface area contributed by atoms with Gasteiger partial charge in [-0.05, 0) is 41.0 Å². The Labute approximate surface area is 123 Å². The van der Waals surface area contributed by atoms with Gasteiger partial charge in [0.15, 0.2) is 0 Å². The first kappa shape index (κ1) is 18.9. The summed E-state index contributed by atoms with van der Waals surface area (Å²) in [6, 6.07) is -0.550. The second-order valence-electron chi connectivity index (χ2n) is 5.32. The molecule has 3 unspecified atom stereocenters. The summed E-state index contributed by atoms with van der Waals surface area (Å²) in [5, 5.41) is 6.03. The number of carbonyl (C=O) groups excluding carboxylic acids is 2. The first-order valence-electron chi connectivity index (χ1n) is 7.72. The molecule has 2 N–H and O–H groups in total. The summed E-state index contributed by atoms with van der Waals surface area (Å²) in [6.07, 6.45) is 2.01. The SMILES string of the molecule is CCCC(C)NC(=O)C(C)NC(C)C(=O)N(CC)CC. The Kier molecular flexibility index (Phi) is 9.21. The molecule has 118 valence electrons. The molecule has 0 aromatic carbocycles. The summed E-state index contributed by atoms with van der Waals surface area (Å²) in [7, 11) is 0. The molecule has 0 aliphatic rings. The van der Waals surface area contributed by atoms with E-state index >= 15 is 0 Å². The van der Waals surface area contributed by atoms with Crippen LogP contribution in [0.1, 0.15) is 54.4 Å². The highest BCUT2D eigenvalue weighted by molar-refractivity contribution is 5.85. The van der Waals surface area contributed by atoms with Crippen LogP contribution in [0.4, 0.5) is 0 Å². The second kappa shape index (κ2) is 9.75. The first-order valence-corrected chi connectivity index (χ1v) is 7.72. The molecule has 0 bridgehead atoms. The fourth-order valence-corrected chi connectivity index (χ4v) is 2.20. The normalized spacial score (nSPS) is 15.3. The van der Waals surface area contributed by atoms with E-state index in [1.807, 2.05) is 20.8 Å². The molecule has 0 spiro atoms. The van der Waals surface area contributed by atoms with Crippen LogP contribution >= 0.6 is 0 Å². The van der Waals surface area contributed by atoms with Crippen LogP contribution in [0.3, 0.4) is 0 Å². The number of amides is 2. The van der Waals surface area contributed by atoms with Crippen LogP contribution < -0.4 is 10.6 Å². The summed E-state index contributed by atoms with van der Waals surface area (Å²) in [5.41, 5.74) is 0. The molecule has 0 radical (unpaired) electrons. The summed E-state index contributed by atoms with van der Waals surface area (Å²) in [4.78, 5) is 25.9. The summed E-state index contributed by atoms with van der Waals surface area (Å²) < 4.78 is 0. The van der Waals surface area contributed by atoms with E-state index in [1.165, 1.54) is 0 Å². The zero-order chi connectivity index (χ0) is 15.7. The van der Waals surface area contributed by atoms with Crippen molar-refractivity contribution < 1.29 is 9.59 Å². The maximum atomic E-state index is 12.1. The van der Waals surface area contributed by atoms with E-state index in [0.29, 0.717) is 13.1 Å². The van der Waals surface area contributed by atoms with E-state index in [9.17, 15) is 9.59 Å². The summed E-state index contributed by atoms with van der Waals surface area (Å²) in [6.45, 7) is 13.0. The van der Waals surface area contributed by atoms with Gasteiger partial charge < -0.3 is 10.2 Å². The molecule has 0 aliphatic heterocycles. The number of nitrogens with one attached hydrogen (secondary N) is 2. The van der Waals surface area contributed by atoms with Crippen LogP contribution in [0, 0.1) is 0 Å². The largest absolute Gasteiger partial charge is 0.352 e. The zero-order valence-electron chi connectivity index (χ0n) is 13.8. The van der Waals surface area contributed by atoms with Gasteiger partial charge >= 0.3 is 0 Å². The Morgan fingerprint density at radius 2 is 1.55 bits per heavy atom. The Hall–Kier alpha value is -1.10. The maximum absolute atomic E-state index is 12.1. The van der Waals surface area contributed by atoms with Crippen molar-refractivity contribution in [2.75, 3.05) is 13.1 Å². The van der Waals surface area contributed by atoms with Crippen molar-refractivity contribution in [2.45, 2.75) is 72.5 Å². The summed E-state index contributed by atoms with van der Waals surface area (Å²) >= 11 is 0. The van der Waals surface area contributed by atoms with Gasteiger partial charge in [-0.2, -0.15) is 0 Å². The Balaban J connectivity index is 4.33. The van der Waals surface area contributed by atoms with Crippen molar-refractivity contribution in [1.29, 1.82) is 0 Å². The number of nitrogens with zero attached hydrogens (tertiary/aromatic N) is 1. The van der Waals surface area contributed by atoms with Gasteiger partial charge in [0.05, 0.1) is 12.1 Å². The molecule has 0 heterocycles. The highest BCUT2D eigenvalue weighted by atomic mass is 16.2. The van der Waals surface area contributed by atoms with Gasteiger partial charge in [-0.15, -0.1) is 0 Å². The first-order chi connectivity index (χ1) is 9.37. The van der Waals surface area contributed by atoms with Gasteiger partial charge in [0, 0.05) is 19.1 Å². The Bertz CT molecular complexity index is 303. The Morgan fingerprint density at radius 3 is 2.00 bits per heavy atom. The predicted molar refractivity (Wildman–Crippen MR) is 82.5 cm³/mol. The van der Waals surface area contributed by atoms with Crippen LogP contribution in [-0.4, -0.2) is 47.9 Å². The van der Waals surface area contributed by atoms with Gasteiger partial charge in [0.2, 0.25) is 11.8 Å². The topological polar surface area (TPSA) is 61.4 Å². The lowest BCUT2D eigenvalue weighted by Gasteiger charge is -2.26.